The zero-order chi connectivity index (χ0) is 50.2. The number of para-hydroxylation sites is 3. The van der Waals surface area contributed by atoms with Crippen molar-refractivity contribution < 1.29 is 0 Å². The van der Waals surface area contributed by atoms with Gasteiger partial charge in [0.25, 0.3) is 0 Å². The first kappa shape index (κ1) is 43.6. The molecule has 0 aromatic heterocycles. The van der Waals surface area contributed by atoms with E-state index in [9.17, 15) is 0 Å². The Kier molecular flexibility index (Phi) is 9.30. The van der Waals surface area contributed by atoms with Crippen LogP contribution >= 0.6 is 0 Å². The summed E-state index contributed by atoms with van der Waals surface area (Å²) in [4.78, 5) is 4.93. The largest absolute Gasteiger partial charge is 0.310 e. The van der Waals surface area contributed by atoms with Crippen LogP contribution in [0, 0.1) is 0 Å². The monoisotopic (exact) mass is 958 g/mol. The summed E-state index contributed by atoms with van der Waals surface area (Å²) in [7, 11) is 0. The zero-order valence-corrected chi connectivity index (χ0v) is 42.6. The number of hydrogen-bond acceptors (Lipinski definition) is 2. The summed E-state index contributed by atoms with van der Waals surface area (Å²) in [6, 6.07) is 95.7. The Labute approximate surface area is 440 Å². The van der Waals surface area contributed by atoms with Gasteiger partial charge in [-0.15, -0.1) is 0 Å². The van der Waals surface area contributed by atoms with Crippen LogP contribution in [0.15, 0.2) is 255 Å². The lowest BCUT2D eigenvalue weighted by Gasteiger charge is -2.45. The van der Waals surface area contributed by atoms with Gasteiger partial charge in [-0.3, -0.25) is 0 Å². The number of anilines is 6. The number of fused-ring (bicyclic) bond motifs is 15. The van der Waals surface area contributed by atoms with Gasteiger partial charge in [0.1, 0.15) is 0 Å². The first-order valence-electron chi connectivity index (χ1n) is 26.5. The number of benzene rings is 11. The van der Waals surface area contributed by atoms with Crippen molar-refractivity contribution >= 4 is 34.1 Å². The van der Waals surface area contributed by atoms with E-state index in [-0.39, 0.29) is 10.8 Å². The molecule has 0 N–H and O–H groups in total. The molecule has 0 radical (unpaired) electrons. The predicted octanol–water partition coefficient (Wildman–Crippen LogP) is 19.2. The van der Waals surface area contributed by atoms with Gasteiger partial charge in [0.05, 0.1) is 16.8 Å². The lowest BCUT2D eigenvalue weighted by Crippen LogP contribution is -2.36. The van der Waals surface area contributed by atoms with Crippen molar-refractivity contribution in [2.24, 2.45) is 0 Å². The highest BCUT2D eigenvalue weighted by Gasteiger charge is 2.52. The predicted molar refractivity (Wildman–Crippen MR) is 313 cm³/mol. The van der Waals surface area contributed by atoms with E-state index in [2.05, 4.69) is 292 Å². The molecule has 2 heteroatoms. The number of hydrogen-bond donors (Lipinski definition) is 0. The van der Waals surface area contributed by atoms with Crippen molar-refractivity contribution in [3.63, 3.8) is 0 Å². The van der Waals surface area contributed by atoms with Gasteiger partial charge in [0.15, 0.2) is 0 Å². The Bertz CT molecular complexity index is 4080. The van der Waals surface area contributed by atoms with Gasteiger partial charge in [-0.1, -0.05) is 210 Å². The summed E-state index contributed by atoms with van der Waals surface area (Å²) in [5, 5.41) is 0. The molecule has 11 aromatic carbocycles. The maximum atomic E-state index is 2.52. The van der Waals surface area contributed by atoms with Gasteiger partial charge in [-0.05, 0) is 173 Å². The minimum atomic E-state index is -0.519. The number of nitrogens with zero attached hydrogens (tertiary/aromatic N) is 2. The molecule has 15 rings (SSSR count). The van der Waals surface area contributed by atoms with E-state index in [1.165, 1.54) is 112 Å². The molecule has 2 nitrogen and oxygen atoms in total. The van der Waals surface area contributed by atoms with Crippen LogP contribution < -0.4 is 9.80 Å². The molecule has 0 fully saturated rings. The van der Waals surface area contributed by atoms with Crippen molar-refractivity contribution in [3.05, 3.63) is 299 Å². The molecule has 0 bridgehead atoms. The molecule has 0 amide bonds. The molecule has 4 aliphatic rings. The Morgan fingerprint density at radius 2 is 0.640 bits per heavy atom. The summed E-state index contributed by atoms with van der Waals surface area (Å²) in [6.45, 7) is 9.58. The molecule has 1 aliphatic heterocycles. The van der Waals surface area contributed by atoms with Crippen molar-refractivity contribution in [1.82, 2.24) is 0 Å². The molecular formula is C73H54N2. The Morgan fingerprint density at radius 3 is 1.23 bits per heavy atom. The SMILES string of the molecule is CC1(C)c2ccccc2-c2ccc(N(c3ccc(-c4ccccc4)cc3)c3ccc4c(c3)C(C)(C)c3cc(-c5ccc6c(c5)C5(c7ccccc7-6)c6ccccc6N(c6ccccc6)c6ccccc65)ccc3-4)cc21. The molecule has 0 atom stereocenters. The topological polar surface area (TPSA) is 6.48 Å². The first-order valence-corrected chi connectivity index (χ1v) is 26.5. The molecule has 356 valence electrons. The van der Waals surface area contributed by atoms with Crippen molar-refractivity contribution in [2.45, 2.75) is 43.9 Å². The Hall–Kier alpha value is -8.98. The van der Waals surface area contributed by atoms with Gasteiger partial charge < -0.3 is 9.80 Å². The third-order valence-corrected chi connectivity index (χ3v) is 17.5. The minimum absolute atomic E-state index is 0.123. The van der Waals surface area contributed by atoms with Gasteiger partial charge in [-0.25, -0.2) is 0 Å². The normalized spacial score (nSPS) is 15.0. The molecule has 1 spiro atoms. The standard InChI is InChI=1S/C73H54N2/c1-71(2)61-25-13-11-23-55(61)58-41-37-53(45-66(58)71)74(52-35-31-48(32-36-52)47-19-7-5-8-20-47)54-38-42-59-57-39-33-49(43-65(57)72(3,4)67(59)46-54)50-34-40-60-56-24-12-14-26-62(56)73(68(60)44-50)63-27-15-17-29-69(63)75(51-21-9-6-10-22-51)70-30-18-16-28-64(70)73/h5-46H,1-4H3. The minimum Gasteiger partial charge on any atom is -0.310 e. The molecule has 0 saturated carbocycles. The van der Waals surface area contributed by atoms with Crippen molar-refractivity contribution in [1.29, 1.82) is 0 Å². The van der Waals surface area contributed by atoms with E-state index in [4.69, 9.17) is 0 Å². The van der Waals surface area contributed by atoms with Gasteiger partial charge in [0.2, 0.25) is 0 Å². The average Bonchev–Trinajstić information content (AvgIpc) is 4.02. The Morgan fingerprint density at radius 1 is 0.267 bits per heavy atom. The van der Waals surface area contributed by atoms with Gasteiger partial charge >= 0.3 is 0 Å². The maximum Gasteiger partial charge on any atom is 0.0754 e. The first-order chi connectivity index (χ1) is 36.7. The third kappa shape index (κ3) is 6.14. The molecule has 75 heavy (non-hydrogen) atoms. The second-order valence-electron chi connectivity index (χ2n) is 22.0. The highest BCUT2D eigenvalue weighted by molar-refractivity contribution is 5.97. The fourth-order valence-electron chi connectivity index (χ4n) is 13.9. The number of rotatable bonds is 6. The van der Waals surface area contributed by atoms with Gasteiger partial charge in [0, 0.05) is 33.6 Å². The molecule has 0 saturated heterocycles. The second-order valence-corrected chi connectivity index (χ2v) is 22.0. The average molecular weight is 959 g/mol. The second kappa shape index (κ2) is 16.0. The van der Waals surface area contributed by atoms with Crippen LogP contribution in [0.3, 0.4) is 0 Å². The third-order valence-electron chi connectivity index (χ3n) is 17.5. The summed E-state index contributed by atoms with van der Waals surface area (Å²) in [5.74, 6) is 0. The van der Waals surface area contributed by atoms with Crippen LogP contribution in [0.25, 0.3) is 55.6 Å². The molecule has 1 heterocycles. The zero-order valence-electron chi connectivity index (χ0n) is 42.6. The van der Waals surface area contributed by atoms with Gasteiger partial charge in [-0.2, -0.15) is 0 Å². The molecule has 3 aliphatic carbocycles. The highest BCUT2D eigenvalue weighted by atomic mass is 15.2. The summed E-state index contributed by atoms with van der Waals surface area (Å²) in [6.07, 6.45) is 0. The highest BCUT2D eigenvalue weighted by Crippen LogP contribution is 2.64. The van der Waals surface area contributed by atoms with Crippen LogP contribution in [-0.4, -0.2) is 0 Å². The maximum absolute atomic E-state index is 2.52. The van der Waals surface area contributed by atoms with E-state index in [0.717, 1.165) is 22.7 Å². The summed E-state index contributed by atoms with van der Waals surface area (Å²) < 4.78 is 0. The van der Waals surface area contributed by atoms with E-state index >= 15 is 0 Å². The Balaban J connectivity index is 0.848. The molecular weight excluding hydrogens is 905 g/mol. The van der Waals surface area contributed by atoms with E-state index in [0.29, 0.717) is 0 Å². The van der Waals surface area contributed by atoms with E-state index in [1.807, 2.05) is 0 Å². The van der Waals surface area contributed by atoms with Crippen LogP contribution in [0.5, 0.6) is 0 Å². The van der Waals surface area contributed by atoms with Crippen LogP contribution in [0.1, 0.15) is 72.2 Å². The summed E-state index contributed by atoms with van der Waals surface area (Å²) in [5.41, 5.74) is 29.6. The summed E-state index contributed by atoms with van der Waals surface area (Å²) >= 11 is 0. The lowest BCUT2D eigenvalue weighted by molar-refractivity contribution is 0.660. The smallest absolute Gasteiger partial charge is 0.0754 e. The van der Waals surface area contributed by atoms with Crippen LogP contribution in [-0.2, 0) is 16.2 Å². The quantitative estimate of drug-likeness (QED) is 0.164. The van der Waals surface area contributed by atoms with Crippen LogP contribution in [0.2, 0.25) is 0 Å². The van der Waals surface area contributed by atoms with E-state index in [1.54, 1.807) is 0 Å². The van der Waals surface area contributed by atoms with Crippen LogP contribution in [0.4, 0.5) is 34.1 Å². The van der Waals surface area contributed by atoms with Crippen molar-refractivity contribution in [3.8, 4) is 55.6 Å². The van der Waals surface area contributed by atoms with Crippen molar-refractivity contribution in [2.75, 3.05) is 9.80 Å². The molecule has 11 aromatic rings. The molecule has 0 unspecified atom stereocenters. The van der Waals surface area contributed by atoms with E-state index < -0.39 is 5.41 Å². The lowest BCUT2D eigenvalue weighted by atomic mass is 9.64. The fourth-order valence-corrected chi connectivity index (χ4v) is 13.9. The fraction of sp³-hybridized carbons (Fsp3) is 0.0959.